The van der Waals surface area contributed by atoms with Gasteiger partial charge in [0, 0.05) is 25.1 Å². The van der Waals surface area contributed by atoms with E-state index in [4.69, 9.17) is 4.74 Å². The topological polar surface area (TPSA) is 47.0 Å². The molecule has 0 radical (unpaired) electrons. The first-order valence-electron chi connectivity index (χ1n) is 7.74. The van der Waals surface area contributed by atoms with Crippen molar-refractivity contribution in [1.29, 1.82) is 0 Å². The Morgan fingerprint density at radius 3 is 2.95 bits per heavy atom. The second-order valence-electron chi connectivity index (χ2n) is 7.18. The van der Waals surface area contributed by atoms with Crippen molar-refractivity contribution >= 4 is 0 Å². The van der Waals surface area contributed by atoms with Crippen LogP contribution in [0, 0.1) is 11.3 Å². The molecule has 20 heavy (non-hydrogen) atoms. The van der Waals surface area contributed by atoms with E-state index >= 15 is 0 Å². The Kier molecular flexibility index (Phi) is 3.67. The van der Waals surface area contributed by atoms with E-state index in [0.717, 1.165) is 55.4 Å². The van der Waals surface area contributed by atoms with Gasteiger partial charge in [-0.15, -0.1) is 0 Å². The molecule has 1 aliphatic heterocycles. The van der Waals surface area contributed by atoms with E-state index in [-0.39, 0.29) is 6.10 Å². The van der Waals surface area contributed by atoms with E-state index in [9.17, 15) is 0 Å². The number of hydrogen-bond donors (Lipinski definition) is 1. The number of aromatic nitrogens is 2. The number of nitrogens with one attached hydrogen (secondary N) is 1. The minimum absolute atomic E-state index is 0.287. The highest BCUT2D eigenvalue weighted by Gasteiger charge is 2.34. The fourth-order valence-electron chi connectivity index (χ4n) is 3.85. The third-order valence-corrected chi connectivity index (χ3v) is 4.46. The normalized spacial score (nSPS) is 28.8. The van der Waals surface area contributed by atoms with Gasteiger partial charge in [-0.25, -0.2) is 9.97 Å². The molecule has 4 heteroatoms. The minimum Gasteiger partial charge on any atom is -0.474 e. The monoisotopic (exact) mass is 275 g/mol. The Bertz CT molecular complexity index is 487. The molecule has 4 nitrogen and oxygen atoms in total. The quantitative estimate of drug-likeness (QED) is 0.901. The summed E-state index contributed by atoms with van der Waals surface area (Å²) in [6, 6.07) is 0. The summed E-state index contributed by atoms with van der Waals surface area (Å²) in [6.45, 7) is 8.84. The summed E-state index contributed by atoms with van der Waals surface area (Å²) in [6.07, 6.45) is 6.45. The van der Waals surface area contributed by atoms with Crippen molar-refractivity contribution in [2.45, 2.75) is 59.1 Å². The van der Waals surface area contributed by atoms with Crippen LogP contribution in [0.2, 0.25) is 0 Å². The Morgan fingerprint density at radius 1 is 1.30 bits per heavy atom. The first-order chi connectivity index (χ1) is 9.53. The lowest BCUT2D eigenvalue weighted by Crippen LogP contribution is -2.35. The number of ether oxygens (including phenoxy) is 1. The maximum atomic E-state index is 6.27. The third kappa shape index (κ3) is 2.95. The van der Waals surface area contributed by atoms with Gasteiger partial charge in [0.2, 0.25) is 5.88 Å². The van der Waals surface area contributed by atoms with Crippen LogP contribution in [-0.2, 0) is 13.0 Å². The zero-order chi connectivity index (χ0) is 14.2. The second kappa shape index (κ2) is 5.32. The molecular weight excluding hydrogens is 250 g/mol. The molecule has 1 fully saturated rings. The summed E-state index contributed by atoms with van der Waals surface area (Å²) in [5, 5.41) is 3.38. The zero-order valence-corrected chi connectivity index (χ0v) is 12.8. The number of nitrogens with zero attached hydrogens (tertiary/aromatic N) is 2. The lowest BCUT2D eigenvalue weighted by atomic mass is 9.71. The average Bonchev–Trinajstić information content (AvgIpc) is 2.37. The maximum Gasteiger partial charge on any atom is 0.221 e. The van der Waals surface area contributed by atoms with Gasteiger partial charge in [-0.2, -0.15) is 0 Å². The molecule has 1 saturated carbocycles. The van der Waals surface area contributed by atoms with Gasteiger partial charge in [-0.05, 0) is 30.6 Å². The Balaban J connectivity index is 1.78. The SMILES string of the molecule is CC1CC(Oc2ncnc3c2CNCC3)CC(C)(C)C1. The molecule has 0 bridgehead atoms. The second-order valence-corrected chi connectivity index (χ2v) is 7.18. The van der Waals surface area contributed by atoms with Gasteiger partial charge in [-0.3, -0.25) is 0 Å². The number of rotatable bonds is 2. The summed E-state index contributed by atoms with van der Waals surface area (Å²) < 4.78 is 6.27. The van der Waals surface area contributed by atoms with Crippen molar-refractivity contribution in [1.82, 2.24) is 15.3 Å². The van der Waals surface area contributed by atoms with Crippen LogP contribution in [0.3, 0.4) is 0 Å². The van der Waals surface area contributed by atoms with E-state index in [0.29, 0.717) is 5.41 Å². The van der Waals surface area contributed by atoms with E-state index < -0.39 is 0 Å². The molecule has 2 aliphatic rings. The van der Waals surface area contributed by atoms with Gasteiger partial charge >= 0.3 is 0 Å². The first kappa shape index (κ1) is 13.8. The molecule has 0 aromatic carbocycles. The predicted molar refractivity (Wildman–Crippen MR) is 78.7 cm³/mol. The van der Waals surface area contributed by atoms with Crippen LogP contribution in [0.1, 0.15) is 51.3 Å². The van der Waals surface area contributed by atoms with Crippen molar-refractivity contribution in [2.75, 3.05) is 6.54 Å². The molecule has 0 amide bonds. The molecule has 1 N–H and O–H groups in total. The van der Waals surface area contributed by atoms with Crippen molar-refractivity contribution in [3.05, 3.63) is 17.6 Å². The summed E-state index contributed by atoms with van der Waals surface area (Å²) in [5.41, 5.74) is 2.68. The molecule has 1 aliphatic carbocycles. The molecule has 2 atom stereocenters. The van der Waals surface area contributed by atoms with E-state index in [1.165, 1.54) is 6.42 Å². The Labute approximate surface area is 121 Å². The van der Waals surface area contributed by atoms with Crippen molar-refractivity contribution < 1.29 is 4.74 Å². The standard InChI is InChI=1S/C16H25N3O/c1-11-6-12(8-16(2,3)7-11)20-15-13-9-17-5-4-14(13)18-10-19-15/h10-12,17H,4-9H2,1-3H3. The van der Waals surface area contributed by atoms with Crippen molar-refractivity contribution in [2.24, 2.45) is 11.3 Å². The van der Waals surface area contributed by atoms with Gasteiger partial charge in [0.05, 0.1) is 5.69 Å². The summed E-state index contributed by atoms with van der Waals surface area (Å²) in [5.74, 6) is 1.52. The third-order valence-electron chi connectivity index (χ3n) is 4.46. The van der Waals surface area contributed by atoms with Crippen LogP contribution in [0.4, 0.5) is 0 Å². The lowest BCUT2D eigenvalue weighted by Gasteiger charge is -2.38. The highest BCUT2D eigenvalue weighted by Crippen LogP contribution is 2.40. The fraction of sp³-hybridized carbons (Fsp3) is 0.750. The van der Waals surface area contributed by atoms with Gasteiger partial charge in [0.15, 0.2) is 0 Å². The largest absolute Gasteiger partial charge is 0.474 e. The van der Waals surface area contributed by atoms with Crippen molar-refractivity contribution in [3.8, 4) is 5.88 Å². The molecule has 2 unspecified atom stereocenters. The van der Waals surface area contributed by atoms with Crippen LogP contribution in [-0.4, -0.2) is 22.6 Å². The van der Waals surface area contributed by atoms with Crippen LogP contribution >= 0.6 is 0 Å². The molecule has 2 heterocycles. The Hall–Kier alpha value is -1.16. The van der Waals surface area contributed by atoms with E-state index in [1.807, 2.05) is 0 Å². The average molecular weight is 275 g/mol. The molecule has 3 rings (SSSR count). The molecule has 110 valence electrons. The van der Waals surface area contributed by atoms with Crippen molar-refractivity contribution in [3.63, 3.8) is 0 Å². The Morgan fingerprint density at radius 2 is 2.15 bits per heavy atom. The highest BCUT2D eigenvalue weighted by molar-refractivity contribution is 5.31. The highest BCUT2D eigenvalue weighted by atomic mass is 16.5. The summed E-state index contributed by atoms with van der Waals surface area (Å²) in [7, 11) is 0. The predicted octanol–water partition coefficient (Wildman–Crippen LogP) is 2.72. The number of hydrogen-bond acceptors (Lipinski definition) is 4. The summed E-state index contributed by atoms with van der Waals surface area (Å²) in [4.78, 5) is 8.77. The van der Waals surface area contributed by atoms with Crippen LogP contribution in [0.15, 0.2) is 6.33 Å². The fourth-order valence-corrected chi connectivity index (χ4v) is 3.85. The van der Waals surface area contributed by atoms with Gasteiger partial charge in [0.1, 0.15) is 12.4 Å². The first-order valence-corrected chi connectivity index (χ1v) is 7.74. The van der Waals surface area contributed by atoms with Crippen LogP contribution < -0.4 is 10.1 Å². The van der Waals surface area contributed by atoms with Gasteiger partial charge in [-0.1, -0.05) is 20.8 Å². The smallest absolute Gasteiger partial charge is 0.221 e. The molecule has 1 aromatic rings. The van der Waals surface area contributed by atoms with Gasteiger partial charge in [0.25, 0.3) is 0 Å². The molecule has 0 spiro atoms. The molecule has 0 saturated heterocycles. The summed E-state index contributed by atoms with van der Waals surface area (Å²) >= 11 is 0. The van der Waals surface area contributed by atoms with E-state index in [1.54, 1.807) is 6.33 Å². The maximum absolute atomic E-state index is 6.27. The molecule has 1 aromatic heterocycles. The number of fused-ring (bicyclic) bond motifs is 1. The minimum atomic E-state index is 0.287. The zero-order valence-electron chi connectivity index (χ0n) is 12.8. The van der Waals surface area contributed by atoms with E-state index in [2.05, 4.69) is 36.1 Å². The van der Waals surface area contributed by atoms with Crippen LogP contribution in [0.25, 0.3) is 0 Å². The lowest BCUT2D eigenvalue weighted by molar-refractivity contribution is 0.0522. The van der Waals surface area contributed by atoms with Crippen LogP contribution in [0.5, 0.6) is 5.88 Å². The molecular formula is C16H25N3O. The van der Waals surface area contributed by atoms with Gasteiger partial charge < -0.3 is 10.1 Å².